The van der Waals surface area contributed by atoms with Gasteiger partial charge in [-0.25, -0.2) is 0 Å². The summed E-state index contributed by atoms with van der Waals surface area (Å²) in [6.07, 6.45) is 4.08. The molecule has 0 bridgehead atoms. The van der Waals surface area contributed by atoms with Crippen LogP contribution in [0.3, 0.4) is 0 Å². The molecule has 0 amide bonds. The molecule has 0 spiro atoms. The highest BCUT2D eigenvalue weighted by atomic mass is 16.5. The standard InChI is InChI=1S/C24H31NO3/c1-27-22-14-19-13-20(24(26)21(19)15-23(22)28-2)12-17-8-10-25(11-9-17)16-18-6-4-3-5-7-18/h3-7,14-15,17,20,24,26H,8-13,16H2,1-2H3/t20-,24-/m0/s1. The largest absolute Gasteiger partial charge is 0.493 e. The van der Waals surface area contributed by atoms with E-state index in [9.17, 15) is 5.11 Å². The van der Waals surface area contributed by atoms with Gasteiger partial charge in [0, 0.05) is 6.54 Å². The van der Waals surface area contributed by atoms with Crippen molar-refractivity contribution in [3.05, 3.63) is 59.2 Å². The minimum absolute atomic E-state index is 0.303. The van der Waals surface area contributed by atoms with E-state index in [0.29, 0.717) is 17.6 Å². The third-order valence-corrected chi connectivity index (χ3v) is 6.48. The van der Waals surface area contributed by atoms with E-state index in [1.165, 1.54) is 24.0 Å². The molecule has 150 valence electrons. The number of ether oxygens (including phenoxy) is 2. The van der Waals surface area contributed by atoms with E-state index in [2.05, 4.69) is 35.2 Å². The third kappa shape index (κ3) is 4.03. The van der Waals surface area contributed by atoms with Crippen molar-refractivity contribution >= 4 is 0 Å². The molecular formula is C24H31NO3. The fourth-order valence-corrected chi connectivity index (χ4v) is 4.90. The lowest BCUT2D eigenvalue weighted by molar-refractivity contribution is 0.0894. The van der Waals surface area contributed by atoms with Crippen LogP contribution in [0.2, 0.25) is 0 Å². The van der Waals surface area contributed by atoms with Gasteiger partial charge < -0.3 is 14.6 Å². The monoisotopic (exact) mass is 381 g/mol. The average Bonchev–Trinajstić information content (AvgIpc) is 3.03. The van der Waals surface area contributed by atoms with Crippen molar-refractivity contribution in [3.8, 4) is 11.5 Å². The van der Waals surface area contributed by atoms with E-state index in [0.717, 1.165) is 43.8 Å². The maximum atomic E-state index is 10.9. The summed E-state index contributed by atoms with van der Waals surface area (Å²) in [5.41, 5.74) is 3.62. The van der Waals surface area contributed by atoms with Crippen molar-refractivity contribution in [2.24, 2.45) is 11.8 Å². The van der Waals surface area contributed by atoms with Crippen molar-refractivity contribution in [1.82, 2.24) is 4.90 Å². The van der Waals surface area contributed by atoms with Gasteiger partial charge in [0.05, 0.1) is 20.3 Å². The van der Waals surface area contributed by atoms with Crippen molar-refractivity contribution in [2.45, 2.75) is 38.3 Å². The van der Waals surface area contributed by atoms with Gasteiger partial charge in [0.2, 0.25) is 0 Å². The average molecular weight is 382 g/mol. The lowest BCUT2D eigenvalue weighted by atomic mass is 9.85. The molecule has 2 aromatic carbocycles. The summed E-state index contributed by atoms with van der Waals surface area (Å²) < 4.78 is 10.8. The Hall–Kier alpha value is -2.04. The van der Waals surface area contributed by atoms with Crippen LogP contribution in [0.15, 0.2) is 42.5 Å². The molecule has 4 rings (SSSR count). The molecule has 2 aliphatic rings. The Labute approximate surface area is 168 Å². The first kappa shape index (κ1) is 19.3. The number of aliphatic hydroxyl groups excluding tert-OH is 1. The zero-order valence-corrected chi connectivity index (χ0v) is 16.9. The highest BCUT2D eigenvalue weighted by Crippen LogP contribution is 2.45. The molecular weight excluding hydrogens is 350 g/mol. The van der Waals surface area contributed by atoms with E-state index < -0.39 is 6.10 Å². The van der Waals surface area contributed by atoms with Crippen LogP contribution in [0.1, 0.15) is 42.1 Å². The SMILES string of the molecule is COc1cc2c(cc1OC)[C@@H](O)[C@@H](CC1CCN(Cc3ccccc3)CC1)C2. The van der Waals surface area contributed by atoms with Crippen molar-refractivity contribution in [2.75, 3.05) is 27.3 Å². The van der Waals surface area contributed by atoms with Crippen LogP contribution in [0, 0.1) is 11.8 Å². The van der Waals surface area contributed by atoms with Gasteiger partial charge in [-0.05, 0) is 79.4 Å². The van der Waals surface area contributed by atoms with Crippen LogP contribution >= 0.6 is 0 Å². The zero-order chi connectivity index (χ0) is 19.5. The van der Waals surface area contributed by atoms with Gasteiger partial charge in [0.1, 0.15) is 0 Å². The Morgan fingerprint density at radius 2 is 1.68 bits per heavy atom. The molecule has 0 radical (unpaired) electrons. The quantitative estimate of drug-likeness (QED) is 0.814. The molecule has 1 fully saturated rings. The normalized spacial score (nSPS) is 22.8. The van der Waals surface area contributed by atoms with Crippen molar-refractivity contribution in [3.63, 3.8) is 0 Å². The Kier molecular flexibility index (Phi) is 5.88. The smallest absolute Gasteiger partial charge is 0.161 e. The van der Waals surface area contributed by atoms with Crippen LogP contribution < -0.4 is 9.47 Å². The van der Waals surface area contributed by atoms with Crippen LogP contribution in [0.5, 0.6) is 11.5 Å². The molecule has 2 aromatic rings. The number of hydrogen-bond acceptors (Lipinski definition) is 4. The number of hydrogen-bond donors (Lipinski definition) is 1. The second-order valence-corrected chi connectivity index (χ2v) is 8.26. The van der Waals surface area contributed by atoms with E-state index in [4.69, 9.17) is 9.47 Å². The molecule has 28 heavy (non-hydrogen) atoms. The maximum absolute atomic E-state index is 10.9. The van der Waals surface area contributed by atoms with Crippen LogP contribution in [-0.4, -0.2) is 37.3 Å². The summed E-state index contributed by atoms with van der Waals surface area (Å²) in [7, 11) is 3.31. The number of fused-ring (bicyclic) bond motifs is 1. The first-order valence-corrected chi connectivity index (χ1v) is 10.4. The van der Waals surface area contributed by atoms with Gasteiger partial charge >= 0.3 is 0 Å². The Bertz CT molecular complexity index is 784. The lowest BCUT2D eigenvalue weighted by Gasteiger charge is -2.33. The number of piperidine rings is 1. The summed E-state index contributed by atoms with van der Waals surface area (Å²) >= 11 is 0. The molecule has 0 aromatic heterocycles. The second kappa shape index (κ2) is 8.54. The molecule has 4 nitrogen and oxygen atoms in total. The molecule has 4 heteroatoms. The van der Waals surface area contributed by atoms with Crippen LogP contribution in [-0.2, 0) is 13.0 Å². The fourth-order valence-electron chi connectivity index (χ4n) is 4.90. The maximum Gasteiger partial charge on any atom is 0.161 e. The summed E-state index contributed by atoms with van der Waals surface area (Å²) in [6.45, 7) is 3.35. The van der Waals surface area contributed by atoms with Crippen LogP contribution in [0.4, 0.5) is 0 Å². The van der Waals surface area contributed by atoms with E-state index in [1.807, 2.05) is 12.1 Å². The van der Waals surface area contributed by atoms with Gasteiger partial charge in [-0.3, -0.25) is 4.90 Å². The summed E-state index contributed by atoms with van der Waals surface area (Å²) in [6, 6.07) is 14.7. The Morgan fingerprint density at radius 3 is 2.36 bits per heavy atom. The molecule has 1 saturated heterocycles. The number of likely N-dealkylation sites (tertiary alicyclic amines) is 1. The Balaban J connectivity index is 1.33. The third-order valence-electron chi connectivity index (χ3n) is 6.48. The summed E-state index contributed by atoms with van der Waals surface area (Å²) in [4.78, 5) is 2.56. The predicted molar refractivity (Wildman–Crippen MR) is 111 cm³/mol. The lowest BCUT2D eigenvalue weighted by Crippen LogP contribution is -2.34. The van der Waals surface area contributed by atoms with Crippen molar-refractivity contribution < 1.29 is 14.6 Å². The highest BCUT2D eigenvalue weighted by Gasteiger charge is 2.34. The van der Waals surface area contributed by atoms with Gasteiger partial charge in [-0.1, -0.05) is 30.3 Å². The molecule has 0 unspecified atom stereocenters. The summed E-state index contributed by atoms with van der Waals surface area (Å²) in [5, 5.41) is 10.9. The minimum Gasteiger partial charge on any atom is -0.493 e. The first-order valence-electron chi connectivity index (χ1n) is 10.4. The van der Waals surface area contributed by atoms with Gasteiger partial charge in [-0.15, -0.1) is 0 Å². The predicted octanol–water partition coefficient (Wildman–Crippen LogP) is 4.21. The Morgan fingerprint density at radius 1 is 1.00 bits per heavy atom. The number of rotatable bonds is 6. The van der Waals surface area contributed by atoms with E-state index >= 15 is 0 Å². The highest BCUT2D eigenvalue weighted by molar-refractivity contribution is 5.50. The minimum atomic E-state index is -0.392. The molecule has 2 atom stereocenters. The number of benzene rings is 2. The number of aliphatic hydroxyl groups is 1. The van der Waals surface area contributed by atoms with E-state index in [-0.39, 0.29) is 0 Å². The topological polar surface area (TPSA) is 41.9 Å². The molecule has 0 saturated carbocycles. The molecule has 1 aliphatic carbocycles. The fraction of sp³-hybridized carbons (Fsp3) is 0.500. The number of nitrogens with zero attached hydrogens (tertiary/aromatic N) is 1. The van der Waals surface area contributed by atoms with Crippen molar-refractivity contribution in [1.29, 1.82) is 0 Å². The second-order valence-electron chi connectivity index (χ2n) is 8.26. The molecule has 1 aliphatic heterocycles. The van der Waals surface area contributed by atoms with Gasteiger partial charge in [0.25, 0.3) is 0 Å². The molecule has 1 heterocycles. The summed E-state index contributed by atoms with van der Waals surface area (Å²) in [5.74, 6) is 2.46. The van der Waals surface area contributed by atoms with Gasteiger partial charge in [0.15, 0.2) is 11.5 Å². The zero-order valence-electron chi connectivity index (χ0n) is 16.9. The van der Waals surface area contributed by atoms with Gasteiger partial charge in [-0.2, -0.15) is 0 Å². The molecule has 1 N–H and O–H groups in total. The van der Waals surface area contributed by atoms with E-state index in [1.54, 1.807) is 14.2 Å². The van der Waals surface area contributed by atoms with Crippen LogP contribution in [0.25, 0.3) is 0 Å². The first-order chi connectivity index (χ1) is 13.7. The number of methoxy groups -OCH3 is 2.